The second-order valence-corrected chi connectivity index (χ2v) is 6.38. The molecule has 7 nitrogen and oxygen atoms in total. The molecule has 0 aliphatic rings. The highest BCUT2D eigenvalue weighted by molar-refractivity contribution is 5.81. The number of nitrogens with zero attached hydrogens (tertiary/aromatic N) is 3. The molecule has 0 unspecified atom stereocenters. The van der Waals surface area contributed by atoms with Crippen molar-refractivity contribution in [2.24, 2.45) is 7.05 Å². The number of nitrogen functional groups attached to an aromatic ring is 1. The van der Waals surface area contributed by atoms with Gasteiger partial charge in [-0.05, 0) is 42.0 Å². The first-order valence-electron chi connectivity index (χ1n) is 8.85. The first kappa shape index (κ1) is 17.7. The molecule has 0 spiro atoms. The third-order valence-electron chi connectivity index (χ3n) is 4.45. The van der Waals surface area contributed by atoms with E-state index in [9.17, 15) is 0 Å². The van der Waals surface area contributed by atoms with Crippen molar-refractivity contribution in [1.82, 2.24) is 14.5 Å². The Balaban J connectivity index is 1.41. The van der Waals surface area contributed by atoms with Gasteiger partial charge in [0.1, 0.15) is 11.5 Å². The van der Waals surface area contributed by atoms with Gasteiger partial charge in [-0.15, -0.1) is 0 Å². The number of pyridine rings is 1. The van der Waals surface area contributed by atoms with E-state index in [4.69, 9.17) is 15.2 Å². The fourth-order valence-corrected chi connectivity index (χ4v) is 2.89. The molecule has 0 aliphatic heterocycles. The molecule has 2 aromatic carbocycles. The lowest BCUT2D eigenvalue weighted by molar-refractivity contribution is 0.408. The Kier molecular flexibility index (Phi) is 4.72. The van der Waals surface area contributed by atoms with E-state index >= 15 is 0 Å². The van der Waals surface area contributed by atoms with Gasteiger partial charge in [0.25, 0.3) is 0 Å². The molecular weight excluding hydrogens is 354 g/mol. The molecule has 0 saturated heterocycles. The number of ether oxygens (including phenoxy) is 2. The summed E-state index contributed by atoms with van der Waals surface area (Å²) in [5, 5.41) is 3.36. The summed E-state index contributed by atoms with van der Waals surface area (Å²) in [7, 11) is 3.57. The molecule has 0 aliphatic carbocycles. The molecule has 28 heavy (non-hydrogen) atoms. The minimum atomic E-state index is 0.519. The Morgan fingerprint density at radius 2 is 1.82 bits per heavy atom. The summed E-state index contributed by atoms with van der Waals surface area (Å²) in [5.74, 6) is 2.73. The average Bonchev–Trinajstić information content (AvgIpc) is 3.03. The molecule has 0 bridgehead atoms. The number of methoxy groups -OCH3 is 1. The topological polar surface area (TPSA) is 87.2 Å². The van der Waals surface area contributed by atoms with Crippen molar-refractivity contribution in [2.45, 2.75) is 6.54 Å². The molecule has 0 radical (unpaired) electrons. The lowest BCUT2D eigenvalue weighted by Crippen LogP contribution is -2.04. The van der Waals surface area contributed by atoms with Gasteiger partial charge in [0.05, 0.1) is 24.3 Å². The van der Waals surface area contributed by atoms with Gasteiger partial charge in [-0.3, -0.25) is 0 Å². The van der Waals surface area contributed by atoms with Crippen LogP contribution in [0.15, 0.2) is 60.8 Å². The highest BCUT2D eigenvalue weighted by atomic mass is 16.5. The average molecular weight is 375 g/mol. The molecule has 0 saturated carbocycles. The summed E-state index contributed by atoms with van der Waals surface area (Å²) < 4.78 is 12.8. The second-order valence-electron chi connectivity index (χ2n) is 6.38. The van der Waals surface area contributed by atoms with Crippen LogP contribution in [0.4, 0.5) is 11.6 Å². The Labute approximate surface area is 162 Å². The second kappa shape index (κ2) is 7.48. The largest absolute Gasteiger partial charge is 0.495 e. The summed E-state index contributed by atoms with van der Waals surface area (Å²) in [6.07, 6.45) is 1.62. The normalized spacial score (nSPS) is 10.8. The molecular formula is C21H21N5O2. The third kappa shape index (κ3) is 3.68. The maximum Gasteiger partial charge on any atom is 0.219 e. The monoisotopic (exact) mass is 375 g/mol. The summed E-state index contributed by atoms with van der Waals surface area (Å²) in [6.45, 7) is 0.647. The van der Waals surface area contributed by atoms with E-state index in [1.807, 2.05) is 60.1 Å². The number of hydrogen-bond acceptors (Lipinski definition) is 6. The molecule has 0 amide bonds. The van der Waals surface area contributed by atoms with Crippen LogP contribution >= 0.6 is 0 Å². The summed E-state index contributed by atoms with van der Waals surface area (Å²) in [4.78, 5) is 8.81. The first-order valence-corrected chi connectivity index (χ1v) is 8.85. The van der Waals surface area contributed by atoms with E-state index in [0.29, 0.717) is 18.2 Å². The molecule has 4 rings (SSSR count). The highest BCUT2D eigenvalue weighted by Gasteiger charge is 2.08. The third-order valence-corrected chi connectivity index (χ3v) is 4.45. The van der Waals surface area contributed by atoms with E-state index in [1.165, 1.54) is 0 Å². The summed E-state index contributed by atoms with van der Waals surface area (Å²) in [6, 6.07) is 17.1. The van der Waals surface area contributed by atoms with E-state index in [0.717, 1.165) is 34.0 Å². The van der Waals surface area contributed by atoms with Gasteiger partial charge in [-0.1, -0.05) is 12.1 Å². The highest BCUT2D eigenvalue weighted by Crippen LogP contribution is 2.23. The maximum absolute atomic E-state index is 5.87. The molecule has 3 N–H and O–H groups in total. The van der Waals surface area contributed by atoms with Crippen molar-refractivity contribution in [2.75, 3.05) is 18.2 Å². The van der Waals surface area contributed by atoms with Crippen LogP contribution in [-0.4, -0.2) is 21.6 Å². The number of aromatic nitrogens is 3. The first-order chi connectivity index (χ1) is 13.6. The Hall–Kier alpha value is -3.74. The molecule has 4 aromatic rings. The number of anilines is 2. The zero-order chi connectivity index (χ0) is 19.5. The SMILES string of the molecule is COc1ccc(Oc2ccc(CNc3nc4ccc(N)cc4n3C)cc2)nc1. The summed E-state index contributed by atoms with van der Waals surface area (Å²) >= 11 is 0. The van der Waals surface area contributed by atoms with Crippen LogP contribution in [0.2, 0.25) is 0 Å². The summed E-state index contributed by atoms with van der Waals surface area (Å²) in [5.41, 5.74) is 9.62. The van der Waals surface area contributed by atoms with Crippen molar-refractivity contribution in [1.29, 1.82) is 0 Å². The molecule has 0 atom stereocenters. The van der Waals surface area contributed by atoms with Gasteiger partial charge in [0.2, 0.25) is 11.8 Å². The van der Waals surface area contributed by atoms with Gasteiger partial charge in [0.15, 0.2) is 0 Å². The predicted octanol–water partition coefficient (Wildman–Crippen LogP) is 3.96. The van der Waals surface area contributed by atoms with Crippen LogP contribution < -0.4 is 20.5 Å². The van der Waals surface area contributed by atoms with E-state index < -0.39 is 0 Å². The predicted molar refractivity (Wildman–Crippen MR) is 110 cm³/mol. The van der Waals surface area contributed by atoms with Crippen LogP contribution in [0.25, 0.3) is 11.0 Å². The standard InChI is InChI=1S/C21H21N5O2/c1-26-19-11-15(22)5-9-18(19)25-21(26)24-12-14-3-6-16(7-4-14)28-20-10-8-17(27-2)13-23-20/h3-11,13H,12,22H2,1-2H3,(H,24,25). The van der Waals surface area contributed by atoms with E-state index in [2.05, 4.69) is 15.3 Å². The lowest BCUT2D eigenvalue weighted by atomic mass is 10.2. The number of aryl methyl sites for hydroxylation is 1. The minimum absolute atomic E-state index is 0.519. The van der Waals surface area contributed by atoms with Gasteiger partial charge < -0.3 is 25.1 Å². The fourth-order valence-electron chi connectivity index (χ4n) is 2.89. The van der Waals surface area contributed by atoms with Crippen molar-refractivity contribution < 1.29 is 9.47 Å². The van der Waals surface area contributed by atoms with Crippen molar-refractivity contribution >= 4 is 22.7 Å². The van der Waals surface area contributed by atoms with Gasteiger partial charge in [0, 0.05) is 25.3 Å². The number of nitrogens with two attached hydrogens (primary N) is 1. The molecule has 2 aromatic heterocycles. The van der Waals surface area contributed by atoms with Crippen molar-refractivity contribution in [3.05, 3.63) is 66.4 Å². The zero-order valence-electron chi connectivity index (χ0n) is 15.7. The number of nitrogens with one attached hydrogen (secondary N) is 1. The number of hydrogen-bond donors (Lipinski definition) is 2. The van der Waals surface area contributed by atoms with Crippen LogP contribution in [0.5, 0.6) is 17.4 Å². The smallest absolute Gasteiger partial charge is 0.219 e. The van der Waals surface area contributed by atoms with E-state index in [1.54, 1.807) is 19.4 Å². The number of benzene rings is 2. The van der Waals surface area contributed by atoms with Crippen LogP contribution in [0, 0.1) is 0 Å². The quantitative estimate of drug-likeness (QED) is 0.496. The van der Waals surface area contributed by atoms with Crippen molar-refractivity contribution in [3.63, 3.8) is 0 Å². The molecule has 7 heteroatoms. The molecule has 2 heterocycles. The zero-order valence-corrected chi connectivity index (χ0v) is 15.7. The maximum atomic E-state index is 5.87. The molecule has 0 fully saturated rings. The Morgan fingerprint density at radius 1 is 1.04 bits per heavy atom. The van der Waals surface area contributed by atoms with Gasteiger partial charge >= 0.3 is 0 Å². The lowest BCUT2D eigenvalue weighted by Gasteiger charge is -2.08. The minimum Gasteiger partial charge on any atom is -0.495 e. The van der Waals surface area contributed by atoms with Crippen molar-refractivity contribution in [3.8, 4) is 17.4 Å². The number of fused-ring (bicyclic) bond motifs is 1. The van der Waals surface area contributed by atoms with Crippen LogP contribution in [0.1, 0.15) is 5.56 Å². The number of imidazole rings is 1. The number of rotatable bonds is 6. The van der Waals surface area contributed by atoms with Gasteiger partial charge in [-0.25, -0.2) is 9.97 Å². The van der Waals surface area contributed by atoms with Crippen LogP contribution in [0.3, 0.4) is 0 Å². The Bertz CT molecular complexity index is 1090. The van der Waals surface area contributed by atoms with E-state index in [-0.39, 0.29) is 0 Å². The fraction of sp³-hybridized carbons (Fsp3) is 0.143. The Morgan fingerprint density at radius 3 is 2.54 bits per heavy atom. The van der Waals surface area contributed by atoms with Gasteiger partial charge in [-0.2, -0.15) is 0 Å². The van der Waals surface area contributed by atoms with Crippen LogP contribution in [-0.2, 0) is 13.6 Å². The molecule has 142 valence electrons.